The van der Waals surface area contributed by atoms with Crippen LogP contribution in [-0.2, 0) is 9.59 Å². The highest BCUT2D eigenvalue weighted by Crippen LogP contribution is 2.37. The van der Waals surface area contributed by atoms with E-state index in [9.17, 15) is 14.7 Å². The van der Waals surface area contributed by atoms with Crippen LogP contribution in [0.15, 0.2) is 0 Å². The lowest BCUT2D eigenvalue weighted by molar-refractivity contribution is -0.126. The minimum atomic E-state index is -0.202. The van der Waals surface area contributed by atoms with Gasteiger partial charge in [0.1, 0.15) is 0 Å². The van der Waals surface area contributed by atoms with Gasteiger partial charge in [0.2, 0.25) is 11.8 Å². The Hall–Kier alpha value is -1.10. The zero-order chi connectivity index (χ0) is 16.2. The number of hydrogen-bond acceptors (Lipinski definition) is 3. The van der Waals surface area contributed by atoms with Crippen LogP contribution in [0.5, 0.6) is 0 Å². The molecule has 5 nitrogen and oxygen atoms in total. The summed E-state index contributed by atoms with van der Waals surface area (Å²) < 4.78 is 0. The van der Waals surface area contributed by atoms with E-state index in [0.29, 0.717) is 6.42 Å². The predicted octanol–water partition coefficient (Wildman–Crippen LogP) is 1.74. The van der Waals surface area contributed by atoms with E-state index in [1.54, 1.807) is 0 Å². The fraction of sp³-hybridized carbons (Fsp3) is 0.882. The van der Waals surface area contributed by atoms with Crippen molar-refractivity contribution in [1.29, 1.82) is 0 Å². The largest absolute Gasteiger partial charge is 0.396 e. The Morgan fingerprint density at radius 3 is 2.55 bits per heavy atom. The first-order chi connectivity index (χ1) is 10.4. The van der Waals surface area contributed by atoms with Gasteiger partial charge in [-0.2, -0.15) is 0 Å². The lowest BCUT2D eigenvalue weighted by Gasteiger charge is -2.30. The van der Waals surface area contributed by atoms with Gasteiger partial charge < -0.3 is 15.7 Å². The van der Waals surface area contributed by atoms with Crippen molar-refractivity contribution in [3.05, 3.63) is 0 Å². The fourth-order valence-electron chi connectivity index (χ4n) is 3.80. The van der Waals surface area contributed by atoms with Gasteiger partial charge in [-0.1, -0.05) is 26.2 Å². The first-order valence-electron chi connectivity index (χ1n) is 8.65. The number of aliphatic hydroxyl groups is 1. The minimum absolute atomic E-state index is 0.0363. The molecule has 0 aromatic carbocycles. The molecule has 0 heterocycles. The molecule has 0 aromatic rings. The monoisotopic (exact) mass is 310 g/mol. The molecule has 0 bridgehead atoms. The van der Waals surface area contributed by atoms with E-state index in [0.717, 1.165) is 44.9 Å². The first kappa shape index (κ1) is 17.3. The molecule has 2 saturated carbocycles. The maximum atomic E-state index is 12.2. The van der Waals surface area contributed by atoms with Crippen molar-refractivity contribution in [3.8, 4) is 0 Å². The number of aliphatic hydroxyl groups excluding tert-OH is 1. The van der Waals surface area contributed by atoms with Crippen molar-refractivity contribution in [3.63, 3.8) is 0 Å². The van der Waals surface area contributed by atoms with E-state index in [1.807, 2.05) is 13.8 Å². The average molecular weight is 310 g/mol. The van der Waals surface area contributed by atoms with E-state index in [2.05, 4.69) is 10.6 Å². The fourth-order valence-corrected chi connectivity index (χ4v) is 3.80. The maximum absolute atomic E-state index is 12.2. The molecule has 5 heteroatoms. The van der Waals surface area contributed by atoms with Crippen molar-refractivity contribution in [2.75, 3.05) is 6.61 Å². The zero-order valence-corrected chi connectivity index (χ0v) is 13.9. The lowest BCUT2D eigenvalue weighted by atomic mass is 9.85. The third-order valence-corrected chi connectivity index (χ3v) is 5.38. The molecule has 0 aliphatic heterocycles. The van der Waals surface area contributed by atoms with E-state index in [4.69, 9.17) is 0 Å². The molecule has 2 aliphatic carbocycles. The maximum Gasteiger partial charge on any atom is 0.223 e. The van der Waals surface area contributed by atoms with Gasteiger partial charge in [0, 0.05) is 29.8 Å². The summed E-state index contributed by atoms with van der Waals surface area (Å²) in [6.45, 7) is 4.01. The summed E-state index contributed by atoms with van der Waals surface area (Å²) in [5.74, 6) is 0.197. The topological polar surface area (TPSA) is 78.4 Å². The molecule has 126 valence electrons. The summed E-state index contributed by atoms with van der Waals surface area (Å²) in [7, 11) is 0. The van der Waals surface area contributed by atoms with Crippen LogP contribution >= 0.6 is 0 Å². The number of rotatable bonds is 6. The number of amides is 2. The van der Waals surface area contributed by atoms with E-state index < -0.39 is 0 Å². The van der Waals surface area contributed by atoms with E-state index >= 15 is 0 Å². The number of carbonyl (C=O) groups is 2. The third-order valence-electron chi connectivity index (χ3n) is 5.38. The van der Waals surface area contributed by atoms with Crippen LogP contribution in [0.2, 0.25) is 0 Å². The molecule has 0 spiro atoms. The quantitative estimate of drug-likeness (QED) is 0.699. The number of hydrogen-bond donors (Lipinski definition) is 3. The van der Waals surface area contributed by atoms with Gasteiger partial charge in [0.15, 0.2) is 0 Å². The molecule has 3 atom stereocenters. The van der Waals surface area contributed by atoms with Gasteiger partial charge in [0.25, 0.3) is 0 Å². The number of carbonyl (C=O) groups excluding carboxylic acids is 2. The summed E-state index contributed by atoms with van der Waals surface area (Å²) >= 11 is 0. The van der Waals surface area contributed by atoms with Crippen LogP contribution in [0.4, 0.5) is 0 Å². The van der Waals surface area contributed by atoms with E-state index in [1.165, 1.54) is 0 Å². The summed E-state index contributed by atoms with van der Waals surface area (Å²) in [6, 6.07) is -0.0994. The highest BCUT2D eigenvalue weighted by molar-refractivity contribution is 5.81. The summed E-state index contributed by atoms with van der Waals surface area (Å²) in [5.41, 5.74) is -0.202. The smallest absolute Gasteiger partial charge is 0.223 e. The molecule has 2 aliphatic rings. The Kier molecular flexibility index (Phi) is 5.84. The van der Waals surface area contributed by atoms with Gasteiger partial charge in [-0.3, -0.25) is 9.59 Å². The summed E-state index contributed by atoms with van der Waals surface area (Å²) in [4.78, 5) is 24.2. The molecule has 2 amide bonds. The Labute approximate surface area is 133 Å². The van der Waals surface area contributed by atoms with Crippen molar-refractivity contribution in [1.82, 2.24) is 10.6 Å². The van der Waals surface area contributed by atoms with Gasteiger partial charge >= 0.3 is 0 Å². The Morgan fingerprint density at radius 1 is 1.23 bits per heavy atom. The minimum Gasteiger partial charge on any atom is -0.396 e. The molecule has 0 saturated heterocycles. The molecule has 2 rings (SSSR count). The normalized spacial score (nSPS) is 30.2. The number of nitrogens with one attached hydrogen (secondary N) is 2. The molecule has 3 unspecified atom stereocenters. The standard InChI is InChI=1S/C17H30N2O3/c1-12(18-16(22)13-6-3-4-7-13)10-15(21)19-14-8-5-9-17(14,2)11-20/h12-14,20H,3-11H2,1-2H3,(H,18,22)(H,19,21). The van der Waals surface area contributed by atoms with Crippen LogP contribution in [0.3, 0.4) is 0 Å². The van der Waals surface area contributed by atoms with Crippen molar-refractivity contribution in [2.24, 2.45) is 11.3 Å². The Balaban J connectivity index is 1.75. The molecule has 2 fully saturated rings. The average Bonchev–Trinajstić information content (AvgIpc) is 3.10. The second kappa shape index (κ2) is 7.44. The van der Waals surface area contributed by atoms with Gasteiger partial charge in [-0.15, -0.1) is 0 Å². The summed E-state index contributed by atoms with van der Waals surface area (Å²) in [5, 5.41) is 15.5. The van der Waals surface area contributed by atoms with Crippen LogP contribution in [-0.4, -0.2) is 35.6 Å². The highest BCUT2D eigenvalue weighted by Gasteiger charge is 2.39. The van der Waals surface area contributed by atoms with E-state index in [-0.39, 0.29) is 41.8 Å². The molecular weight excluding hydrogens is 280 g/mol. The zero-order valence-electron chi connectivity index (χ0n) is 13.9. The van der Waals surface area contributed by atoms with Crippen LogP contribution in [0.25, 0.3) is 0 Å². The lowest BCUT2D eigenvalue weighted by Crippen LogP contribution is -2.47. The summed E-state index contributed by atoms with van der Waals surface area (Å²) in [6.07, 6.45) is 7.42. The second-order valence-electron chi connectivity index (χ2n) is 7.42. The SMILES string of the molecule is CC(CC(=O)NC1CCCC1(C)CO)NC(=O)C1CCCC1. The molecule has 22 heavy (non-hydrogen) atoms. The van der Waals surface area contributed by atoms with Crippen LogP contribution in [0, 0.1) is 11.3 Å². The molecule has 0 radical (unpaired) electrons. The van der Waals surface area contributed by atoms with Crippen LogP contribution in [0.1, 0.15) is 65.2 Å². The highest BCUT2D eigenvalue weighted by atomic mass is 16.3. The van der Waals surface area contributed by atoms with Gasteiger partial charge in [-0.25, -0.2) is 0 Å². The first-order valence-corrected chi connectivity index (χ1v) is 8.65. The van der Waals surface area contributed by atoms with Gasteiger partial charge in [0.05, 0.1) is 6.61 Å². The molecular formula is C17H30N2O3. The van der Waals surface area contributed by atoms with Crippen molar-refractivity contribution in [2.45, 2.75) is 77.3 Å². The predicted molar refractivity (Wildman–Crippen MR) is 85.2 cm³/mol. The Morgan fingerprint density at radius 2 is 1.91 bits per heavy atom. The second-order valence-corrected chi connectivity index (χ2v) is 7.42. The Bertz CT molecular complexity index is 407. The van der Waals surface area contributed by atoms with Gasteiger partial charge in [-0.05, 0) is 32.6 Å². The third kappa shape index (κ3) is 4.22. The van der Waals surface area contributed by atoms with Crippen molar-refractivity contribution < 1.29 is 14.7 Å². The van der Waals surface area contributed by atoms with Crippen molar-refractivity contribution >= 4 is 11.8 Å². The van der Waals surface area contributed by atoms with Crippen LogP contribution < -0.4 is 10.6 Å². The molecule has 3 N–H and O–H groups in total. The molecule has 0 aromatic heterocycles.